The Morgan fingerprint density at radius 2 is 1.70 bits per heavy atom. The zero-order valence-electron chi connectivity index (χ0n) is 27.5. The molecule has 3 fully saturated rings. The number of anilines is 1. The number of amides is 1. The van der Waals surface area contributed by atoms with Gasteiger partial charge in [0.05, 0.1) is 32.0 Å². The fourth-order valence-electron chi connectivity index (χ4n) is 6.51. The van der Waals surface area contributed by atoms with Gasteiger partial charge in [-0.3, -0.25) is 9.80 Å². The maximum absolute atomic E-state index is 14.4. The summed E-state index contributed by atoms with van der Waals surface area (Å²) in [4.78, 5) is 31.1. The summed E-state index contributed by atoms with van der Waals surface area (Å²) in [6.45, 7) is 2.67. The van der Waals surface area contributed by atoms with Gasteiger partial charge < -0.3 is 24.2 Å². The van der Waals surface area contributed by atoms with Gasteiger partial charge in [-0.2, -0.15) is 4.73 Å². The average molecular weight is 725 g/mol. The van der Waals surface area contributed by atoms with Crippen molar-refractivity contribution in [2.45, 2.75) is 38.0 Å². The van der Waals surface area contributed by atoms with Gasteiger partial charge >= 0.3 is 12.1 Å². The predicted octanol–water partition coefficient (Wildman–Crippen LogP) is 7.16. The summed E-state index contributed by atoms with van der Waals surface area (Å²) >= 11 is 12.8. The third-order valence-electron chi connectivity index (χ3n) is 9.17. The summed E-state index contributed by atoms with van der Waals surface area (Å²) in [7, 11) is 3.00. The number of rotatable bonds is 11. The minimum absolute atomic E-state index is 0.00798. The topological polar surface area (TPSA) is 104 Å². The van der Waals surface area contributed by atoms with Gasteiger partial charge in [0.25, 0.3) is 0 Å². The first-order chi connectivity index (χ1) is 24.1. The second-order valence-electron chi connectivity index (χ2n) is 12.3. The summed E-state index contributed by atoms with van der Waals surface area (Å²) in [6, 6.07) is 17.5. The molecule has 1 aromatic heterocycles. The fourth-order valence-corrected chi connectivity index (χ4v) is 7.11. The van der Waals surface area contributed by atoms with Crippen LogP contribution >= 0.6 is 23.2 Å². The summed E-state index contributed by atoms with van der Waals surface area (Å²) in [5, 5.41) is 12.1. The summed E-state index contributed by atoms with van der Waals surface area (Å²) in [6.07, 6.45) is 2.56. The van der Waals surface area contributed by atoms with E-state index in [2.05, 4.69) is 4.90 Å². The molecule has 10 nitrogen and oxygen atoms in total. The molecule has 0 aliphatic carbocycles. The number of pyridine rings is 1. The third-order valence-corrected chi connectivity index (χ3v) is 9.82. The number of hydrogen-bond donors (Lipinski definition) is 0. The molecule has 2 atom stereocenters. The molecule has 50 heavy (non-hydrogen) atoms. The smallest absolute Gasteiger partial charge is 0.414 e. The van der Waals surface area contributed by atoms with Crippen LogP contribution in [0, 0.1) is 16.9 Å². The summed E-state index contributed by atoms with van der Waals surface area (Å²) in [5.41, 5.74) is 2.10. The van der Waals surface area contributed by atoms with Crippen molar-refractivity contribution in [3.05, 3.63) is 122 Å². The van der Waals surface area contributed by atoms with E-state index in [-0.39, 0.29) is 40.6 Å². The lowest BCUT2D eigenvalue weighted by Crippen LogP contribution is -2.53. The first kappa shape index (κ1) is 35.3. The van der Waals surface area contributed by atoms with Crippen molar-refractivity contribution >= 4 is 41.0 Å². The monoisotopic (exact) mass is 723 g/mol. The van der Waals surface area contributed by atoms with Crippen LogP contribution in [0.2, 0.25) is 10.0 Å². The Hall–Kier alpha value is -4.58. The second-order valence-corrected chi connectivity index (χ2v) is 13.1. The molecule has 4 aromatic rings. The number of carbonyl (C=O) groups is 2. The van der Waals surface area contributed by atoms with Crippen molar-refractivity contribution in [1.82, 2.24) is 4.90 Å². The van der Waals surface area contributed by atoms with E-state index >= 15 is 0 Å². The predicted molar refractivity (Wildman–Crippen MR) is 185 cm³/mol. The van der Waals surface area contributed by atoms with E-state index in [0.29, 0.717) is 45.2 Å². The molecule has 3 aliphatic heterocycles. The number of carbonyl (C=O) groups excluding carboxylic acids is 2. The maximum Gasteiger partial charge on any atom is 0.414 e. The minimum Gasteiger partial charge on any atom is -0.619 e. The summed E-state index contributed by atoms with van der Waals surface area (Å²) < 4.78 is 37.8. The van der Waals surface area contributed by atoms with Crippen molar-refractivity contribution < 1.29 is 37.7 Å². The third kappa shape index (κ3) is 8.07. The van der Waals surface area contributed by atoms with E-state index in [0.717, 1.165) is 25.9 Å². The average Bonchev–Trinajstić information content (AvgIpc) is 3.11. The van der Waals surface area contributed by atoms with Crippen LogP contribution in [0.5, 0.6) is 11.5 Å². The van der Waals surface area contributed by atoms with Gasteiger partial charge in [-0.1, -0.05) is 47.5 Å². The molecule has 1 unspecified atom stereocenters. The van der Waals surface area contributed by atoms with Gasteiger partial charge in [-0.05, 0) is 85.4 Å². The Kier molecular flexibility index (Phi) is 11.0. The molecule has 7 rings (SSSR count). The lowest BCUT2D eigenvalue weighted by atomic mass is 9.86. The fraction of sp³-hybridized carbons (Fsp3) is 0.324. The number of benzene rings is 3. The number of nitrogens with zero attached hydrogens (tertiary/aromatic N) is 3. The van der Waals surface area contributed by atoms with E-state index in [1.807, 2.05) is 0 Å². The van der Waals surface area contributed by atoms with Crippen molar-refractivity contribution in [1.29, 1.82) is 0 Å². The zero-order valence-corrected chi connectivity index (χ0v) is 29.0. The Morgan fingerprint density at radius 3 is 2.36 bits per heavy atom. The van der Waals surface area contributed by atoms with Crippen LogP contribution in [0.3, 0.4) is 0 Å². The van der Waals surface area contributed by atoms with Crippen LogP contribution in [-0.2, 0) is 22.4 Å². The largest absolute Gasteiger partial charge is 0.619 e. The molecule has 262 valence electrons. The lowest BCUT2D eigenvalue weighted by Gasteiger charge is -2.44. The van der Waals surface area contributed by atoms with E-state index in [1.165, 1.54) is 49.7 Å². The standard InChI is InChI=1S/C37H36Cl2FN3O7/c1-47-32-10-9-25(16-34(32)48-2)33(18-29-30(38)20-42(46)21-31(29)39)49-36(44)26-6-3-5-23(15-26)19-43(28-8-4-7-27(40)17-28)37(45)50-35-22-41-13-11-24(35)12-14-41/h3-10,15-17,20-21,24,33,35H,11-14,18-19,22H2,1-2H3/t33?,35-/m0/s1. The first-order valence-electron chi connectivity index (χ1n) is 16.2. The lowest BCUT2D eigenvalue weighted by molar-refractivity contribution is -0.605. The number of ether oxygens (including phenoxy) is 4. The molecule has 3 saturated heterocycles. The Balaban J connectivity index is 1.26. The molecule has 3 aliphatic rings. The quantitative estimate of drug-likeness (QED) is 0.0913. The molecular formula is C37H36Cl2FN3O7. The van der Waals surface area contributed by atoms with Crippen LogP contribution in [-0.4, -0.2) is 56.9 Å². The summed E-state index contributed by atoms with van der Waals surface area (Å²) in [5.74, 6) is 0.0216. The van der Waals surface area contributed by atoms with E-state index in [9.17, 15) is 19.2 Å². The molecule has 2 bridgehead atoms. The number of fused-ring (bicyclic) bond motifs is 3. The number of halogens is 3. The van der Waals surface area contributed by atoms with Gasteiger partial charge in [-0.15, -0.1) is 0 Å². The highest BCUT2D eigenvalue weighted by molar-refractivity contribution is 6.35. The van der Waals surface area contributed by atoms with Gasteiger partial charge in [-0.25, -0.2) is 14.0 Å². The van der Waals surface area contributed by atoms with Crippen LogP contribution in [0.25, 0.3) is 0 Å². The zero-order chi connectivity index (χ0) is 35.4. The van der Waals surface area contributed by atoms with E-state index < -0.39 is 24.0 Å². The Morgan fingerprint density at radius 1 is 0.980 bits per heavy atom. The molecule has 13 heteroatoms. The second kappa shape index (κ2) is 15.5. The molecule has 0 radical (unpaired) electrons. The number of piperidine rings is 3. The molecule has 3 aromatic carbocycles. The highest BCUT2D eigenvalue weighted by Gasteiger charge is 2.37. The number of aromatic nitrogens is 1. The van der Waals surface area contributed by atoms with Crippen molar-refractivity contribution in [3.63, 3.8) is 0 Å². The SMILES string of the molecule is COc1ccc(C(Cc2c(Cl)c[n+]([O-])cc2Cl)OC(=O)c2cccc(CN(C(=O)O[C@H]3CN4CCC3CC4)c3cccc(F)c3)c2)cc1OC. The van der Waals surface area contributed by atoms with Crippen LogP contribution in [0.15, 0.2) is 79.1 Å². The van der Waals surface area contributed by atoms with Gasteiger partial charge in [0, 0.05) is 18.5 Å². The normalized spacial score (nSPS) is 18.6. The van der Waals surface area contributed by atoms with Crippen molar-refractivity contribution in [3.8, 4) is 11.5 Å². The molecule has 1 amide bonds. The van der Waals surface area contributed by atoms with E-state index in [1.54, 1.807) is 48.5 Å². The van der Waals surface area contributed by atoms with Crippen molar-refractivity contribution in [2.24, 2.45) is 5.92 Å². The van der Waals surface area contributed by atoms with Gasteiger partial charge in [0.2, 0.25) is 0 Å². The maximum atomic E-state index is 14.4. The molecule has 0 saturated carbocycles. The minimum atomic E-state index is -0.913. The number of hydrogen-bond acceptors (Lipinski definition) is 8. The molecule has 0 spiro atoms. The van der Waals surface area contributed by atoms with Crippen LogP contribution < -0.4 is 19.1 Å². The number of esters is 1. The van der Waals surface area contributed by atoms with E-state index in [4.69, 9.17) is 42.1 Å². The molecular weight excluding hydrogens is 688 g/mol. The van der Waals surface area contributed by atoms with Crippen LogP contribution in [0.1, 0.15) is 46.0 Å². The number of methoxy groups -OCH3 is 2. The van der Waals surface area contributed by atoms with Gasteiger partial charge in [0.1, 0.15) is 28.1 Å². The highest BCUT2D eigenvalue weighted by Crippen LogP contribution is 2.36. The van der Waals surface area contributed by atoms with Crippen LogP contribution in [0.4, 0.5) is 14.9 Å². The molecule has 0 N–H and O–H groups in total. The van der Waals surface area contributed by atoms with Gasteiger partial charge in [0.15, 0.2) is 23.9 Å². The Bertz CT molecular complexity index is 1850. The van der Waals surface area contributed by atoms with Crippen molar-refractivity contribution in [2.75, 3.05) is 38.8 Å². The first-order valence-corrected chi connectivity index (χ1v) is 16.9. The Labute approximate surface area is 299 Å². The molecule has 4 heterocycles. The highest BCUT2D eigenvalue weighted by atomic mass is 35.5.